The molecule has 4 aromatic rings. The van der Waals surface area contributed by atoms with Gasteiger partial charge in [0.1, 0.15) is 0 Å². The van der Waals surface area contributed by atoms with Crippen LogP contribution in [-0.2, 0) is 4.74 Å². The third-order valence-corrected chi connectivity index (χ3v) is 4.76. The van der Waals surface area contributed by atoms with Crippen molar-refractivity contribution in [2.45, 2.75) is 0 Å². The van der Waals surface area contributed by atoms with Crippen molar-refractivity contribution >= 4 is 34.4 Å². The Bertz CT molecular complexity index is 1200. The van der Waals surface area contributed by atoms with Gasteiger partial charge in [0, 0.05) is 17.2 Å². The van der Waals surface area contributed by atoms with Gasteiger partial charge < -0.3 is 4.74 Å². The van der Waals surface area contributed by atoms with Crippen LogP contribution in [0.3, 0.4) is 0 Å². The second-order valence-electron chi connectivity index (χ2n) is 6.56. The number of carbonyl (C=O) groups excluding carboxylic acids is 2. The van der Waals surface area contributed by atoms with Crippen LogP contribution in [0.2, 0.25) is 0 Å². The largest absolute Gasteiger partial charge is 0.465 e. The third kappa shape index (κ3) is 3.60. The topological polar surface area (TPSA) is 48.3 Å². The predicted octanol–water partition coefficient (Wildman–Crippen LogP) is 5.31. The highest BCUT2D eigenvalue weighted by Crippen LogP contribution is 2.27. The van der Waals surface area contributed by atoms with Crippen molar-refractivity contribution in [3.05, 3.63) is 108 Å². The summed E-state index contributed by atoms with van der Waals surface area (Å²) in [5.41, 5.74) is 3.29. The molecule has 0 amide bonds. The van der Waals surface area contributed by atoms with Crippen LogP contribution in [0.4, 0.5) is 0 Å². The van der Waals surface area contributed by atoms with Crippen LogP contribution in [0, 0.1) is 0 Å². The van der Waals surface area contributed by atoms with Crippen molar-refractivity contribution in [3.8, 4) is 0 Å². The third-order valence-electron chi connectivity index (χ3n) is 4.76. The average Bonchev–Trinajstić information content (AvgIpc) is 3.17. The van der Waals surface area contributed by atoms with E-state index in [1.54, 1.807) is 6.20 Å². The Kier molecular flexibility index (Phi) is 5.08. The molecule has 0 aliphatic rings. The predicted molar refractivity (Wildman–Crippen MR) is 115 cm³/mol. The number of nitrogens with zero attached hydrogens (tertiary/aromatic N) is 1. The number of methoxy groups -OCH3 is 1. The standard InChI is InChI=1S/C25H19NO3/c1-29-25(28)22-17-26(23-15-9-8-14-20(22)23)24(27)21(19-12-6-3-7-13-19)16-18-10-4-2-5-11-18/h2-17H,1H3/b21-16+. The van der Waals surface area contributed by atoms with E-state index in [1.165, 1.54) is 11.7 Å². The van der Waals surface area contributed by atoms with Crippen molar-refractivity contribution in [1.29, 1.82) is 0 Å². The summed E-state index contributed by atoms with van der Waals surface area (Å²) in [5, 5.41) is 0.680. The quantitative estimate of drug-likeness (QED) is 0.273. The van der Waals surface area contributed by atoms with Gasteiger partial charge in [-0.2, -0.15) is 0 Å². The first-order valence-electron chi connectivity index (χ1n) is 9.24. The maximum absolute atomic E-state index is 13.6. The van der Waals surface area contributed by atoms with E-state index in [0.717, 1.165) is 11.1 Å². The molecule has 0 spiro atoms. The van der Waals surface area contributed by atoms with Gasteiger partial charge in [-0.3, -0.25) is 9.36 Å². The number of hydrogen-bond acceptors (Lipinski definition) is 3. The van der Waals surface area contributed by atoms with E-state index in [-0.39, 0.29) is 5.91 Å². The normalized spacial score (nSPS) is 11.4. The molecule has 0 atom stereocenters. The van der Waals surface area contributed by atoms with Crippen molar-refractivity contribution in [2.75, 3.05) is 7.11 Å². The molecule has 3 aromatic carbocycles. The first kappa shape index (κ1) is 18.4. The minimum Gasteiger partial charge on any atom is -0.465 e. The highest BCUT2D eigenvalue weighted by molar-refractivity contribution is 6.27. The van der Waals surface area contributed by atoms with Gasteiger partial charge in [-0.25, -0.2) is 4.79 Å². The molecule has 0 bridgehead atoms. The number of esters is 1. The van der Waals surface area contributed by atoms with Crippen LogP contribution in [0.15, 0.2) is 91.1 Å². The molecule has 0 saturated heterocycles. The van der Waals surface area contributed by atoms with Gasteiger partial charge in [0.25, 0.3) is 5.91 Å². The first-order valence-corrected chi connectivity index (χ1v) is 9.24. The number of allylic oxidation sites excluding steroid dienone is 1. The van der Waals surface area contributed by atoms with Gasteiger partial charge in [-0.05, 0) is 23.3 Å². The van der Waals surface area contributed by atoms with Gasteiger partial charge in [-0.1, -0.05) is 78.9 Å². The fraction of sp³-hybridized carbons (Fsp3) is 0.0400. The molecule has 4 heteroatoms. The summed E-state index contributed by atoms with van der Waals surface area (Å²) in [6, 6.07) is 26.5. The first-order chi connectivity index (χ1) is 14.2. The van der Waals surface area contributed by atoms with Gasteiger partial charge in [0.15, 0.2) is 0 Å². The molecule has 142 valence electrons. The lowest BCUT2D eigenvalue weighted by atomic mass is 10.0. The zero-order valence-corrected chi connectivity index (χ0v) is 15.9. The van der Waals surface area contributed by atoms with E-state index in [0.29, 0.717) is 22.0 Å². The highest BCUT2D eigenvalue weighted by Gasteiger charge is 2.21. The minimum atomic E-state index is -0.471. The molecule has 1 aromatic heterocycles. The molecule has 0 saturated carbocycles. The number of carbonyl (C=O) groups is 2. The summed E-state index contributed by atoms with van der Waals surface area (Å²) in [6.07, 6.45) is 3.42. The van der Waals surface area contributed by atoms with Crippen LogP contribution >= 0.6 is 0 Å². The summed E-state index contributed by atoms with van der Waals surface area (Å²) < 4.78 is 6.42. The van der Waals surface area contributed by atoms with Crippen LogP contribution < -0.4 is 0 Å². The summed E-state index contributed by atoms with van der Waals surface area (Å²) in [4.78, 5) is 25.9. The zero-order chi connectivity index (χ0) is 20.2. The Morgan fingerprint density at radius 1 is 0.828 bits per heavy atom. The molecule has 4 rings (SSSR count). The highest BCUT2D eigenvalue weighted by atomic mass is 16.5. The molecular formula is C25H19NO3. The molecule has 0 aliphatic heterocycles. The fourth-order valence-corrected chi connectivity index (χ4v) is 3.35. The summed E-state index contributed by atoms with van der Waals surface area (Å²) in [5.74, 6) is -0.688. The molecule has 0 unspecified atom stereocenters. The van der Waals surface area contributed by atoms with Crippen molar-refractivity contribution in [3.63, 3.8) is 0 Å². The van der Waals surface area contributed by atoms with Crippen LogP contribution in [0.1, 0.15) is 26.3 Å². The number of rotatable bonds is 4. The lowest BCUT2D eigenvalue weighted by Gasteiger charge is -2.10. The zero-order valence-electron chi connectivity index (χ0n) is 15.9. The van der Waals surface area contributed by atoms with Crippen molar-refractivity contribution < 1.29 is 14.3 Å². The Morgan fingerprint density at radius 2 is 1.45 bits per heavy atom. The van der Waals surface area contributed by atoms with Crippen molar-refractivity contribution in [2.24, 2.45) is 0 Å². The number of fused-ring (bicyclic) bond motifs is 1. The Balaban J connectivity index is 1.90. The second kappa shape index (κ2) is 7.98. The molecule has 1 heterocycles. The minimum absolute atomic E-state index is 0.216. The Hall–Kier alpha value is -3.92. The van der Waals surface area contributed by atoms with E-state index in [4.69, 9.17) is 4.74 Å². The number of hydrogen-bond donors (Lipinski definition) is 0. The molecular weight excluding hydrogens is 362 g/mol. The second-order valence-corrected chi connectivity index (χ2v) is 6.56. The number of ether oxygens (including phenoxy) is 1. The summed E-state index contributed by atoms with van der Waals surface area (Å²) in [6.45, 7) is 0. The van der Waals surface area contributed by atoms with E-state index in [1.807, 2.05) is 91.0 Å². The average molecular weight is 381 g/mol. The molecule has 0 radical (unpaired) electrons. The van der Waals surface area contributed by atoms with Gasteiger partial charge in [0.05, 0.1) is 18.2 Å². The van der Waals surface area contributed by atoms with Crippen molar-refractivity contribution in [1.82, 2.24) is 4.57 Å². The smallest absolute Gasteiger partial charge is 0.340 e. The lowest BCUT2D eigenvalue weighted by molar-refractivity contribution is 0.0603. The lowest BCUT2D eigenvalue weighted by Crippen LogP contribution is -2.12. The van der Waals surface area contributed by atoms with Gasteiger partial charge in [-0.15, -0.1) is 0 Å². The molecule has 29 heavy (non-hydrogen) atoms. The van der Waals surface area contributed by atoms with Crippen LogP contribution in [0.5, 0.6) is 0 Å². The van der Waals surface area contributed by atoms with E-state index < -0.39 is 5.97 Å². The van der Waals surface area contributed by atoms with Gasteiger partial charge in [0.2, 0.25) is 0 Å². The van der Waals surface area contributed by atoms with Crippen LogP contribution in [0.25, 0.3) is 22.6 Å². The number of para-hydroxylation sites is 1. The van der Waals surface area contributed by atoms with Gasteiger partial charge >= 0.3 is 5.97 Å². The van der Waals surface area contributed by atoms with E-state index in [9.17, 15) is 9.59 Å². The van der Waals surface area contributed by atoms with Crippen LogP contribution in [-0.4, -0.2) is 23.6 Å². The number of aromatic nitrogens is 1. The molecule has 0 aliphatic carbocycles. The maximum atomic E-state index is 13.6. The molecule has 0 fully saturated rings. The molecule has 0 N–H and O–H groups in total. The summed E-state index contributed by atoms with van der Waals surface area (Å²) >= 11 is 0. The Morgan fingerprint density at radius 3 is 2.14 bits per heavy atom. The van der Waals surface area contributed by atoms with E-state index >= 15 is 0 Å². The monoisotopic (exact) mass is 381 g/mol. The fourth-order valence-electron chi connectivity index (χ4n) is 3.35. The SMILES string of the molecule is COC(=O)c1cn(C(=O)/C(=C/c2ccccc2)c2ccccc2)c2ccccc12. The number of benzene rings is 3. The maximum Gasteiger partial charge on any atom is 0.340 e. The Labute approximate surface area is 168 Å². The van der Waals surface area contributed by atoms with E-state index in [2.05, 4.69) is 0 Å². The molecule has 4 nitrogen and oxygen atoms in total. The summed E-state index contributed by atoms with van der Waals surface area (Å²) in [7, 11) is 1.33.